The van der Waals surface area contributed by atoms with Crippen molar-refractivity contribution in [3.05, 3.63) is 58.1 Å². The normalized spacial score (nSPS) is 15.4. The lowest BCUT2D eigenvalue weighted by Crippen LogP contribution is -2.34. The van der Waals surface area contributed by atoms with E-state index in [-0.39, 0.29) is 17.8 Å². The molecule has 0 saturated heterocycles. The van der Waals surface area contributed by atoms with E-state index in [9.17, 15) is 9.18 Å². The number of hydrogen-bond acceptors (Lipinski definition) is 6. The number of aromatic nitrogens is 3. The number of hydrogen-bond donors (Lipinski definition) is 1. The molecule has 0 saturated carbocycles. The van der Waals surface area contributed by atoms with Gasteiger partial charge in [0, 0.05) is 29.8 Å². The molecule has 0 radical (unpaired) electrons. The third-order valence-corrected chi connectivity index (χ3v) is 4.78. The number of nitrogens with zero attached hydrogens (tertiary/aromatic N) is 3. The summed E-state index contributed by atoms with van der Waals surface area (Å²) < 4.78 is 19.9. The number of nitrogens with one attached hydrogen (secondary N) is 1. The first-order valence-electron chi connectivity index (χ1n) is 8.07. The zero-order valence-electron chi connectivity index (χ0n) is 13.9. The van der Waals surface area contributed by atoms with Gasteiger partial charge in [0.1, 0.15) is 23.4 Å². The highest BCUT2D eigenvalue weighted by Crippen LogP contribution is 2.38. The van der Waals surface area contributed by atoms with E-state index in [2.05, 4.69) is 20.3 Å². The molecule has 132 valence electrons. The summed E-state index contributed by atoms with van der Waals surface area (Å²) in [4.78, 5) is 24.6. The lowest BCUT2D eigenvalue weighted by atomic mass is 10.1. The molecule has 8 heteroatoms. The highest BCUT2D eigenvalue weighted by Gasteiger charge is 2.28. The Bertz CT molecular complexity index is 961. The van der Waals surface area contributed by atoms with Crippen molar-refractivity contribution in [3.8, 4) is 17.1 Å². The van der Waals surface area contributed by atoms with Gasteiger partial charge in [-0.2, -0.15) is 0 Å². The Balaban J connectivity index is 1.49. The summed E-state index contributed by atoms with van der Waals surface area (Å²) in [6.45, 7) is 2.15. The van der Waals surface area contributed by atoms with E-state index in [0.717, 1.165) is 10.6 Å². The molecule has 1 N–H and O–H groups in total. The Labute approximate surface area is 153 Å². The maximum Gasteiger partial charge on any atom is 0.270 e. The van der Waals surface area contributed by atoms with Gasteiger partial charge in [-0.05, 0) is 25.1 Å². The van der Waals surface area contributed by atoms with Crippen molar-refractivity contribution in [1.29, 1.82) is 0 Å². The molecule has 6 nitrogen and oxygen atoms in total. The summed E-state index contributed by atoms with van der Waals surface area (Å²) >= 11 is 1.42. The van der Waals surface area contributed by atoms with E-state index in [4.69, 9.17) is 4.74 Å². The molecule has 1 amide bonds. The summed E-state index contributed by atoms with van der Waals surface area (Å²) in [7, 11) is 0. The van der Waals surface area contributed by atoms with Gasteiger partial charge in [0.05, 0.1) is 17.1 Å². The molecule has 1 unspecified atom stereocenters. The maximum absolute atomic E-state index is 14.0. The molecule has 26 heavy (non-hydrogen) atoms. The zero-order chi connectivity index (χ0) is 18.1. The van der Waals surface area contributed by atoms with Crippen LogP contribution in [0.3, 0.4) is 0 Å². The monoisotopic (exact) mass is 370 g/mol. The second-order valence-electron chi connectivity index (χ2n) is 5.92. The van der Waals surface area contributed by atoms with Crippen LogP contribution in [0.25, 0.3) is 11.4 Å². The number of rotatable bonds is 4. The fourth-order valence-corrected chi connectivity index (χ4v) is 3.47. The van der Waals surface area contributed by atoms with Crippen LogP contribution in [-0.4, -0.2) is 33.5 Å². The van der Waals surface area contributed by atoms with Gasteiger partial charge < -0.3 is 10.1 Å². The first kappa shape index (κ1) is 16.6. The summed E-state index contributed by atoms with van der Waals surface area (Å²) in [5, 5.41) is 5.37. The SMILES string of the molecule is Cc1nc(C(=O)NCC2Cc3cc(F)cc(-c4ncccn4)c3O2)cs1. The van der Waals surface area contributed by atoms with E-state index >= 15 is 0 Å². The Hall–Kier alpha value is -2.87. The molecule has 0 spiro atoms. The number of fused-ring (bicyclic) bond motifs is 1. The topological polar surface area (TPSA) is 77.0 Å². The number of carbonyl (C=O) groups excluding carboxylic acids is 1. The predicted octanol–water partition coefficient (Wildman–Crippen LogP) is 2.78. The molecule has 3 heterocycles. The third kappa shape index (κ3) is 3.28. The summed E-state index contributed by atoms with van der Waals surface area (Å²) in [5.41, 5.74) is 1.66. The fraction of sp³-hybridized carbons (Fsp3) is 0.222. The number of halogens is 1. The Morgan fingerprint density at radius 3 is 2.92 bits per heavy atom. The van der Waals surface area contributed by atoms with Crippen molar-refractivity contribution in [1.82, 2.24) is 20.3 Å². The molecule has 1 aromatic carbocycles. The van der Waals surface area contributed by atoms with E-state index in [1.54, 1.807) is 23.8 Å². The largest absolute Gasteiger partial charge is 0.487 e. The average Bonchev–Trinajstić information content (AvgIpc) is 3.25. The van der Waals surface area contributed by atoms with Crippen LogP contribution in [0.5, 0.6) is 5.75 Å². The highest BCUT2D eigenvalue weighted by atomic mass is 32.1. The molecule has 1 aliphatic rings. The van der Waals surface area contributed by atoms with Crippen LogP contribution in [0.4, 0.5) is 4.39 Å². The van der Waals surface area contributed by atoms with Crippen molar-refractivity contribution in [2.45, 2.75) is 19.4 Å². The molecule has 3 aromatic rings. The van der Waals surface area contributed by atoms with Crippen molar-refractivity contribution in [2.24, 2.45) is 0 Å². The van der Waals surface area contributed by atoms with Crippen LogP contribution in [0, 0.1) is 12.7 Å². The van der Waals surface area contributed by atoms with Crippen molar-refractivity contribution in [3.63, 3.8) is 0 Å². The Kier molecular flexibility index (Phi) is 4.34. The van der Waals surface area contributed by atoms with Crippen molar-refractivity contribution in [2.75, 3.05) is 6.54 Å². The average molecular weight is 370 g/mol. The van der Waals surface area contributed by atoms with Crippen LogP contribution in [-0.2, 0) is 6.42 Å². The molecular formula is C18H15FN4O2S. The van der Waals surface area contributed by atoms with Crippen LogP contribution < -0.4 is 10.1 Å². The smallest absolute Gasteiger partial charge is 0.270 e. The number of amides is 1. The van der Waals surface area contributed by atoms with E-state index in [1.165, 1.54) is 23.5 Å². The van der Waals surface area contributed by atoms with E-state index in [1.807, 2.05) is 6.92 Å². The standard InChI is InChI=1S/C18H15FN4O2S/c1-10-23-15(9-26-10)18(24)22-8-13-6-11-5-12(19)7-14(16(11)25-13)17-20-3-2-4-21-17/h2-5,7,9,13H,6,8H2,1H3,(H,22,24). The van der Waals surface area contributed by atoms with Crippen molar-refractivity contribution >= 4 is 17.2 Å². The minimum atomic E-state index is -0.363. The quantitative estimate of drug-likeness (QED) is 0.764. The highest BCUT2D eigenvalue weighted by molar-refractivity contribution is 7.09. The zero-order valence-corrected chi connectivity index (χ0v) is 14.7. The first-order chi connectivity index (χ1) is 12.6. The molecule has 4 rings (SSSR count). The number of aryl methyl sites for hydroxylation is 1. The summed E-state index contributed by atoms with van der Waals surface area (Å²) in [5.74, 6) is 0.372. The van der Waals surface area contributed by atoms with Gasteiger partial charge in [-0.1, -0.05) is 0 Å². The van der Waals surface area contributed by atoms with E-state index in [0.29, 0.717) is 35.8 Å². The molecule has 1 aliphatic heterocycles. The molecular weight excluding hydrogens is 355 g/mol. The Morgan fingerprint density at radius 2 is 2.19 bits per heavy atom. The minimum absolute atomic E-state index is 0.244. The lowest BCUT2D eigenvalue weighted by Gasteiger charge is -2.12. The molecule has 0 aliphatic carbocycles. The lowest BCUT2D eigenvalue weighted by molar-refractivity contribution is 0.0929. The summed E-state index contributed by atoms with van der Waals surface area (Å²) in [6.07, 6.45) is 3.42. The second kappa shape index (κ2) is 6.80. The molecule has 1 atom stereocenters. The van der Waals surface area contributed by atoms with Gasteiger partial charge in [0.2, 0.25) is 0 Å². The Morgan fingerprint density at radius 1 is 1.38 bits per heavy atom. The third-order valence-electron chi connectivity index (χ3n) is 4.01. The van der Waals surface area contributed by atoms with Gasteiger partial charge in [-0.3, -0.25) is 4.79 Å². The minimum Gasteiger partial charge on any atom is -0.487 e. The van der Waals surface area contributed by atoms with Gasteiger partial charge in [-0.25, -0.2) is 19.3 Å². The van der Waals surface area contributed by atoms with E-state index < -0.39 is 0 Å². The van der Waals surface area contributed by atoms with Crippen LogP contribution in [0.1, 0.15) is 21.1 Å². The van der Waals surface area contributed by atoms with Crippen LogP contribution in [0.15, 0.2) is 36.0 Å². The van der Waals surface area contributed by atoms with Gasteiger partial charge in [-0.15, -0.1) is 11.3 Å². The van der Waals surface area contributed by atoms with Crippen molar-refractivity contribution < 1.29 is 13.9 Å². The maximum atomic E-state index is 14.0. The number of thiazole rings is 1. The van der Waals surface area contributed by atoms with Gasteiger partial charge in [0.25, 0.3) is 5.91 Å². The molecule has 2 aromatic heterocycles. The number of carbonyl (C=O) groups is 1. The molecule has 0 fully saturated rings. The summed E-state index contributed by atoms with van der Waals surface area (Å²) in [6, 6.07) is 4.52. The number of benzene rings is 1. The fourth-order valence-electron chi connectivity index (χ4n) is 2.88. The van der Waals surface area contributed by atoms with Crippen LogP contribution >= 0.6 is 11.3 Å². The first-order valence-corrected chi connectivity index (χ1v) is 8.95. The van der Waals surface area contributed by atoms with Gasteiger partial charge >= 0.3 is 0 Å². The molecule has 0 bridgehead atoms. The van der Waals surface area contributed by atoms with Gasteiger partial charge in [0.15, 0.2) is 5.82 Å². The number of ether oxygens (including phenoxy) is 1. The predicted molar refractivity (Wildman–Crippen MR) is 94.7 cm³/mol. The second-order valence-corrected chi connectivity index (χ2v) is 6.98. The van der Waals surface area contributed by atoms with Crippen LogP contribution in [0.2, 0.25) is 0 Å².